The number of esters is 1. The molecule has 7 atom stereocenters. The van der Waals surface area contributed by atoms with Gasteiger partial charge in [-0.1, -0.05) is 72.1 Å². The molecule has 34 heteroatoms. The SMILES string of the molecule is C=C1N=C(N)C(/C=C/CNC(=O)OC(C)c2cc(CNC(=O)CCCCCNCc3ccc([N+](=O)[O-])c(C(C)OC(=O)C(Cl)(Cl)Cl)c3)ccc2[N+](=O)[O-])CN1C1CCC(COP(=O)(O)OP(=O)(O)OP(=O)(O)O)O1. The molecular weight excluding hydrogens is 1110 g/mol. The number of nitro benzene ring substituents is 2. The summed E-state index contributed by atoms with van der Waals surface area (Å²) < 4.78 is 60.8. The van der Waals surface area contributed by atoms with E-state index in [0.29, 0.717) is 49.9 Å². The second-order valence-electron chi connectivity index (χ2n) is 16.4. The van der Waals surface area contributed by atoms with Crippen molar-refractivity contribution in [2.24, 2.45) is 16.6 Å². The zero-order valence-electron chi connectivity index (χ0n) is 39.4. The lowest BCUT2D eigenvalue weighted by Crippen LogP contribution is -2.44. The first kappa shape index (κ1) is 61.9. The molecule has 0 spiro atoms. The van der Waals surface area contributed by atoms with Crippen LogP contribution in [-0.2, 0) is 63.7 Å². The Morgan fingerprint density at radius 1 is 0.919 bits per heavy atom. The van der Waals surface area contributed by atoms with E-state index < -0.39 is 86.2 Å². The molecule has 28 nitrogen and oxygen atoms in total. The number of phosphoric ester groups is 1. The number of rotatable bonds is 27. The minimum absolute atomic E-state index is 0.0373. The summed E-state index contributed by atoms with van der Waals surface area (Å²) >= 11 is 16.7. The van der Waals surface area contributed by atoms with Crippen molar-refractivity contribution >= 4 is 93.5 Å². The predicted molar refractivity (Wildman–Crippen MR) is 264 cm³/mol. The molecule has 74 heavy (non-hydrogen) atoms. The van der Waals surface area contributed by atoms with Crippen molar-refractivity contribution < 1.29 is 84.9 Å². The summed E-state index contributed by atoms with van der Waals surface area (Å²) in [6.45, 7) is 7.19. The third-order valence-electron chi connectivity index (χ3n) is 10.7. The van der Waals surface area contributed by atoms with Gasteiger partial charge in [0.05, 0.1) is 39.6 Å². The Labute approximate surface area is 437 Å². The predicted octanol–water partition coefficient (Wildman–Crippen LogP) is 6.40. The van der Waals surface area contributed by atoms with Crippen LogP contribution in [-0.4, -0.2) is 100 Å². The molecule has 0 aromatic heterocycles. The average molecular weight is 1170 g/mol. The molecule has 2 aromatic rings. The number of nitrogens with one attached hydrogen (secondary N) is 3. The zero-order valence-corrected chi connectivity index (χ0v) is 44.3. The highest BCUT2D eigenvalue weighted by Gasteiger charge is 2.42. The topological polar surface area (TPSA) is 403 Å². The Morgan fingerprint density at radius 2 is 1.53 bits per heavy atom. The van der Waals surface area contributed by atoms with E-state index in [2.05, 4.69) is 40.7 Å². The first-order valence-corrected chi connectivity index (χ1v) is 27.7. The van der Waals surface area contributed by atoms with Crippen molar-refractivity contribution in [2.75, 3.05) is 26.2 Å². The van der Waals surface area contributed by atoms with Gasteiger partial charge in [-0.2, -0.15) is 8.62 Å². The lowest BCUT2D eigenvalue weighted by Gasteiger charge is -2.36. The van der Waals surface area contributed by atoms with Gasteiger partial charge < -0.3 is 60.4 Å². The number of ether oxygens (including phenoxy) is 3. The number of carbonyl (C=O) groups excluding carboxylic acids is 3. The summed E-state index contributed by atoms with van der Waals surface area (Å²) in [6.07, 6.45) is 1.35. The number of carbonyl (C=O) groups is 3. The van der Waals surface area contributed by atoms with Crippen LogP contribution in [0.1, 0.15) is 86.8 Å². The summed E-state index contributed by atoms with van der Waals surface area (Å²) in [5, 5.41) is 32.0. The monoisotopic (exact) mass is 1160 g/mol. The molecule has 2 aromatic carbocycles. The molecule has 2 heterocycles. The molecule has 0 saturated carbocycles. The standard InChI is InChI=1S/C40H54Cl3N8O20P3/c1-24(67-38(53)40(41,42)43)31-18-27(10-13-33(31)50(55)56)20-45-16-6-4-5-9-35(52)47-21-28-11-14-34(51(57)58)32(19-28)25(2)68-39(54)46-17-7-8-29-22-49(26(3)48-37(29)44)36-15-12-30(69-36)23-66-73(62,63)71-74(64,65)70-72(59,60)61/h7-8,10-11,13-14,18-19,24-25,29-30,36,45H,3-6,9,12,15-17,20-23H2,1-2H3,(H2,44,48)(H,46,54)(H,47,52)(H,62,63)(H,64,65)(H2,59,60,61)/b8-7+. The Bertz CT molecular complexity index is 2600. The Balaban J connectivity index is 1.18. The van der Waals surface area contributed by atoms with Crippen LogP contribution in [0.3, 0.4) is 0 Å². The summed E-state index contributed by atoms with van der Waals surface area (Å²) in [5.41, 5.74) is 6.96. The van der Waals surface area contributed by atoms with E-state index in [4.69, 9.17) is 64.5 Å². The molecule has 1 fully saturated rings. The van der Waals surface area contributed by atoms with Gasteiger partial charge in [-0.25, -0.2) is 28.3 Å². The number of halogens is 3. The molecule has 1 saturated heterocycles. The fourth-order valence-electron chi connectivity index (χ4n) is 7.25. The smallest absolute Gasteiger partial charge is 0.454 e. The van der Waals surface area contributed by atoms with Crippen LogP contribution in [0.5, 0.6) is 0 Å². The highest BCUT2D eigenvalue weighted by molar-refractivity contribution is 7.66. The summed E-state index contributed by atoms with van der Waals surface area (Å²) in [6, 6.07) is 8.57. The van der Waals surface area contributed by atoms with E-state index >= 15 is 0 Å². The average Bonchev–Trinajstić information content (AvgIpc) is 3.76. The van der Waals surface area contributed by atoms with Crippen molar-refractivity contribution in [2.45, 2.75) is 93.8 Å². The molecule has 9 N–H and O–H groups in total. The number of amides is 2. The van der Waals surface area contributed by atoms with Crippen molar-refractivity contribution in [3.63, 3.8) is 0 Å². The van der Waals surface area contributed by atoms with Crippen molar-refractivity contribution in [1.82, 2.24) is 20.9 Å². The molecule has 0 aliphatic carbocycles. The van der Waals surface area contributed by atoms with Gasteiger partial charge in [-0.15, -0.1) is 0 Å². The van der Waals surface area contributed by atoms with Crippen LogP contribution in [0.4, 0.5) is 16.2 Å². The van der Waals surface area contributed by atoms with Crippen LogP contribution in [0, 0.1) is 26.1 Å². The fourth-order valence-corrected chi connectivity index (χ4v) is 10.4. The number of amidine groups is 1. The highest BCUT2D eigenvalue weighted by Crippen LogP contribution is 2.66. The number of hydrogen-bond acceptors (Lipinski definition) is 20. The number of nitrogens with two attached hydrogens (primary N) is 1. The number of nitro groups is 2. The number of phosphoric acid groups is 3. The van der Waals surface area contributed by atoms with Crippen LogP contribution in [0.15, 0.2) is 65.9 Å². The van der Waals surface area contributed by atoms with E-state index in [9.17, 15) is 58.1 Å². The third kappa shape index (κ3) is 20.5. The van der Waals surface area contributed by atoms with E-state index in [1.807, 2.05) is 0 Å². The van der Waals surface area contributed by atoms with E-state index in [1.54, 1.807) is 23.1 Å². The first-order valence-electron chi connectivity index (χ1n) is 22.1. The fraction of sp³-hybridized carbons (Fsp3) is 0.500. The number of aliphatic imine (C=N–C) groups is 1. The summed E-state index contributed by atoms with van der Waals surface area (Å²) in [7, 11) is -16.6. The largest absolute Gasteiger partial charge is 0.490 e. The maximum absolute atomic E-state index is 12.8. The highest BCUT2D eigenvalue weighted by atomic mass is 35.6. The molecule has 2 amide bonds. The molecule has 7 unspecified atom stereocenters. The van der Waals surface area contributed by atoms with Gasteiger partial charge in [-0.3, -0.25) is 29.5 Å². The summed E-state index contributed by atoms with van der Waals surface area (Å²) in [4.78, 5) is 102. The number of nitrogens with zero attached hydrogens (tertiary/aromatic N) is 4. The van der Waals surface area contributed by atoms with Crippen LogP contribution in [0.2, 0.25) is 0 Å². The molecule has 0 bridgehead atoms. The Kier molecular flexibility index (Phi) is 23.0. The van der Waals surface area contributed by atoms with Gasteiger partial charge in [0.2, 0.25) is 5.91 Å². The minimum atomic E-state index is -5.69. The number of hydrogen-bond donors (Lipinski definition) is 8. The normalized spacial score (nSPS) is 19.7. The molecule has 2 aliphatic rings. The minimum Gasteiger partial charge on any atom is -0.454 e. The number of benzene rings is 2. The lowest BCUT2D eigenvalue weighted by molar-refractivity contribution is -0.386. The van der Waals surface area contributed by atoms with Crippen molar-refractivity contribution in [1.29, 1.82) is 0 Å². The molecule has 410 valence electrons. The molecule has 0 radical (unpaired) electrons. The van der Waals surface area contributed by atoms with Gasteiger partial charge in [-0.05, 0) is 69.3 Å². The van der Waals surface area contributed by atoms with Crippen molar-refractivity contribution in [3.8, 4) is 0 Å². The Morgan fingerprint density at radius 3 is 2.12 bits per heavy atom. The molecule has 2 aliphatic heterocycles. The van der Waals surface area contributed by atoms with Gasteiger partial charge in [0, 0.05) is 44.7 Å². The van der Waals surface area contributed by atoms with Gasteiger partial charge in [0.1, 0.15) is 30.1 Å². The molecular formula is C40H54Cl3N8O20P3. The van der Waals surface area contributed by atoms with E-state index in [-0.39, 0.29) is 72.5 Å². The number of unbranched alkanes of at least 4 members (excludes halogenated alkanes) is 2. The van der Waals surface area contributed by atoms with E-state index in [1.165, 1.54) is 44.2 Å². The second-order valence-corrected chi connectivity index (χ2v) is 23.1. The quantitative estimate of drug-likeness (QED) is 0.00912. The lowest BCUT2D eigenvalue weighted by atomic mass is 10.0. The second kappa shape index (κ2) is 27.4. The Hall–Kier alpha value is -4.60. The van der Waals surface area contributed by atoms with Crippen LogP contribution in [0.25, 0.3) is 0 Å². The van der Waals surface area contributed by atoms with Crippen LogP contribution < -0.4 is 21.7 Å². The van der Waals surface area contributed by atoms with E-state index in [0.717, 1.165) is 0 Å². The zero-order chi connectivity index (χ0) is 55.2. The number of alkyl halides is 3. The third-order valence-corrected chi connectivity index (χ3v) is 15.0. The maximum atomic E-state index is 12.8. The van der Waals surface area contributed by atoms with Crippen molar-refractivity contribution in [3.05, 3.63) is 103 Å². The van der Waals surface area contributed by atoms with Gasteiger partial charge in [0.15, 0.2) is 0 Å². The van der Waals surface area contributed by atoms with Gasteiger partial charge in [0.25, 0.3) is 15.2 Å². The number of alkyl carbamates (subject to hydrolysis) is 1. The van der Waals surface area contributed by atoms with Gasteiger partial charge >= 0.3 is 35.5 Å². The summed E-state index contributed by atoms with van der Waals surface area (Å²) in [5.74, 6) is -1.53. The van der Waals surface area contributed by atoms with Crippen LogP contribution >= 0.6 is 58.3 Å². The molecule has 4 rings (SSSR count). The first-order chi connectivity index (χ1) is 34.4. The maximum Gasteiger partial charge on any atom is 0.490 e.